The van der Waals surface area contributed by atoms with E-state index in [1.54, 1.807) is 0 Å². The highest BCUT2D eigenvalue weighted by molar-refractivity contribution is 5.54. The summed E-state index contributed by atoms with van der Waals surface area (Å²) in [7, 11) is 0. The Morgan fingerprint density at radius 3 is 2.28 bits per heavy atom. The Kier molecular flexibility index (Phi) is 8.15. The number of nitrogens with one attached hydrogen (secondary N) is 2. The Labute approximate surface area is 190 Å². The largest absolute Gasteiger partial charge is 0.489 e. The van der Waals surface area contributed by atoms with E-state index in [9.17, 15) is 5.11 Å². The van der Waals surface area contributed by atoms with Crippen molar-refractivity contribution < 1.29 is 14.6 Å². The predicted molar refractivity (Wildman–Crippen MR) is 128 cm³/mol. The lowest BCUT2D eigenvalue weighted by Crippen LogP contribution is -2.32. The molecule has 0 aromatic heterocycles. The monoisotopic (exact) mass is 432 g/mol. The zero-order chi connectivity index (χ0) is 22.0. The number of aliphatic hydroxyl groups excluding tert-OH is 1. The number of hydrogen-bond acceptors (Lipinski definition) is 5. The second-order valence-electron chi connectivity index (χ2n) is 8.20. The highest BCUT2D eigenvalue weighted by Gasteiger charge is 2.23. The summed E-state index contributed by atoms with van der Waals surface area (Å²) in [5.41, 5.74) is 4.39. The van der Waals surface area contributed by atoms with E-state index in [-0.39, 0.29) is 12.1 Å². The van der Waals surface area contributed by atoms with Crippen LogP contribution in [0.5, 0.6) is 5.75 Å². The van der Waals surface area contributed by atoms with Crippen LogP contribution in [0.2, 0.25) is 0 Å². The number of anilines is 1. The van der Waals surface area contributed by atoms with Crippen LogP contribution in [0.4, 0.5) is 5.69 Å². The molecule has 32 heavy (non-hydrogen) atoms. The molecule has 0 saturated carbocycles. The lowest BCUT2D eigenvalue weighted by atomic mass is 10.1. The van der Waals surface area contributed by atoms with Gasteiger partial charge >= 0.3 is 0 Å². The smallest absolute Gasteiger partial charge is 0.120 e. The zero-order valence-corrected chi connectivity index (χ0v) is 18.4. The number of ether oxygens (including phenoxy) is 2. The minimum atomic E-state index is -0.251. The minimum absolute atomic E-state index is 0.161. The van der Waals surface area contributed by atoms with Crippen LogP contribution in [0.1, 0.15) is 29.5 Å². The molecule has 2 unspecified atom stereocenters. The molecule has 168 valence electrons. The summed E-state index contributed by atoms with van der Waals surface area (Å²) in [5, 5.41) is 16.9. The molecule has 4 rings (SSSR count). The normalized spacial score (nSPS) is 17.9. The summed E-state index contributed by atoms with van der Waals surface area (Å²) in [6.45, 7) is 3.25. The van der Waals surface area contributed by atoms with Gasteiger partial charge in [-0.25, -0.2) is 0 Å². The second kappa shape index (κ2) is 11.7. The molecule has 1 aliphatic heterocycles. The van der Waals surface area contributed by atoms with Crippen LogP contribution in [-0.2, 0) is 24.6 Å². The van der Waals surface area contributed by atoms with Gasteiger partial charge in [0.15, 0.2) is 0 Å². The quantitative estimate of drug-likeness (QED) is 0.416. The van der Waals surface area contributed by atoms with Gasteiger partial charge in [-0.2, -0.15) is 0 Å². The van der Waals surface area contributed by atoms with Crippen LogP contribution in [0.15, 0.2) is 78.9 Å². The molecule has 5 heteroatoms. The number of aliphatic hydroxyl groups is 1. The highest BCUT2D eigenvalue weighted by Crippen LogP contribution is 2.25. The van der Waals surface area contributed by atoms with Crippen molar-refractivity contribution in [3.05, 3.63) is 95.6 Å². The minimum Gasteiger partial charge on any atom is -0.489 e. The molecule has 1 heterocycles. The molecule has 0 spiro atoms. The average molecular weight is 433 g/mol. The molecule has 3 aromatic carbocycles. The molecule has 1 aliphatic rings. The van der Waals surface area contributed by atoms with Crippen LogP contribution >= 0.6 is 0 Å². The van der Waals surface area contributed by atoms with E-state index in [1.165, 1.54) is 0 Å². The molecule has 5 nitrogen and oxygen atoms in total. The van der Waals surface area contributed by atoms with Crippen LogP contribution in [0.3, 0.4) is 0 Å². The third-order valence-electron chi connectivity index (χ3n) is 5.78. The standard InChI is InChI=1S/C27H32N2O3/c30-27-14-16-29-26(27)13-15-28-25-12-11-24(32-19-22-9-5-2-6-10-22)17-23(25)20-31-18-21-7-3-1-4-8-21/h1-12,17,26-30H,13-16,18-20H2. The van der Waals surface area contributed by atoms with Crippen molar-refractivity contribution in [2.75, 3.05) is 18.4 Å². The SMILES string of the molecule is OC1CCNC1CCNc1ccc(OCc2ccccc2)cc1COCc1ccccc1. The van der Waals surface area contributed by atoms with E-state index in [0.29, 0.717) is 19.8 Å². The Hall–Kier alpha value is -2.86. The Morgan fingerprint density at radius 2 is 1.59 bits per heavy atom. The highest BCUT2D eigenvalue weighted by atomic mass is 16.5. The zero-order valence-electron chi connectivity index (χ0n) is 18.4. The van der Waals surface area contributed by atoms with Crippen LogP contribution in [0, 0.1) is 0 Å². The molecule has 0 bridgehead atoms. The summed E-state index contributed by atoms with van der Waals surface area (Å²) in [4.78, 5) is 0. The summed E-state index contributed by atoms with van der Waals surface area (Å²) >= 11 is 0. The van der Waals surface area contributed by atoms with Gasteiger partial charge in [0.25, 0.3) is 0 Å². The van der Waals surface area contributed by atoms with E-state index >= 15 is 0 Å². The Morgan fingerprint density at radius 1 is 0.875 bits per heavy atom. The first-order chi connectivity index (χ1) is 15.8. The fraction of sp³-hybridized carbons (Fsp3) is 0.333. The third kappa shape index (κ3) is 6.57. The van der Waals surface area contributed by atoms with Gasteiger partial charge in [0.05, 0.1) is 19.3 Å². The fourth-order valence-electron chi connectivity index (χ4n) is 3.96. The molecule has 1 saturated heterocycles. The summed E-state index contributed by atoms with van der Waals surface area (Å²) in [6, 6.07) is 26.6. The number of hydrogen-bond donors (Lipinski definition) is 3. The Bertz CT molecular complexity index is 950. The van der Waals surface area contributed by atoms with E-state index in [2.05, 4.69) is 47.0 Å². The van der Waals surface area contributed by atoms with Crippen molar-refractivity contribution >= 4 is 5.69 Å². The average Bonchev–Trinajstić information content (AvgIpc) is 3.25. The van der Waals surface area contributed by atoms with Crippen molar-refractivity contribution in [1.29, 1.82) is 0 Å². The van der Waals surface area contributed by atoms with E-state index in [1.807, 2.05) is 42.5 Å². The van der Waals surface area contributed by atoms with Crippen molar-refractivity contribution in [3.63, 3.8) is 0 Å². The van der Waals surface area contributed by atoms with Crippen LogP contribution in [0.25, 0.3) is 0 Å². The second-order valence-corrected chi connectivity index (χ2v) is 8.20. The topological polar surface area (TPSA) is 62.8 Å². The fourth-order valence-corrected chi connectivity index (χ4v) is 3.96. The molecule has 0 amide bonds. The maximum absolute atomic E-state index is 10.0. The first-order valence-electron chi connectivity index (χ1n) is 11.3. The summed E-state index contributed by atoms with van der Waals surface area (Å²) in [5.74, 6) is 0.825. The molecule has 0 radical (unpaired) electrons. The molecule has 3 aromatic rings. The molecular formula is C27H32N2O3. The van der Waals surface area contributed by atoms with Crippen molar-refractivity contribution in [1.82, 2.24) is 5.32 Å². The van der Waals surface area contributed by atoms with Gasteiger partial charge in [-0.1, -0.05) is 60.7 Å². The first-order valence-corrected chi connectivity index (χ1v) is 11.3. The van der Waals surface area contributed by atoms with Crippen molar-refractivity contribution in [2.24, 2.45) is 0 Å². The van der Waals surface area contributed by atoms with Crippen LogP contribution in [-0.4, -0.2) is 30.3 Å². The van der Waals surface area contributed by atoms with Gasteiger partial charge in [0.2, 0.25) is 0 Å². The van der Waals surface area contributed by atoms with E-state index in [0.717, 1.165) is 54.1 Å². The Balaban J connectivity index is 1.38. The molecule has 3 N–H and O–H groups in total. The first kappa shape index (κ1) is 22.3. The lowest BCUT2D eigenvalue weighted by molar-refractivity contribution is 0.107. The maximum Gasteiger partial charge on any atom is 0.120 e. The van der Waals surface area contributed by atoms with E-state index in [4.69, 9.17) is 9.47 Å². The van der Waals surface area contributed by atoms with Crippen molar-refractivity contribution in [2.45, 2.75) is 44.8 Å². The van der Waals surface area contributed by atoms with Crippen LogP contribution < -0.4 is 15.4 Å². The van der Waals surface area contributed by atoms with Gasteiger partial charge in [0, 0.05) is 23.8 Å². The number of benzene rings is 3. The molecule has 1 fully saturated rings. The van der Waals surface area contributed by atoms with Gasteiger partial charge in [-0.3, -0.25) is 0 Å². The molecule has 0 aliphatic carbocycles. The maximum atomic E-state index is 10.0. The summed E-state index contributed by atoms with van der Waals surface area (Å²) in [6.07, 6.45) is 1.45. The number of rotatable bonds is 11. The van der Waals surface area contributed by atoms with Crippen molar-refractivity contribution in [3.8, 4) is 5.75 Å². The molecule has 2 atom stereocenters. The van der Waals surface area contributed by atoms with E-state index < -0.39 is 0 Å². The predicted octanol–water partition coefficient (Wildman–Crippen LogP) is 4.51. The third-order valence-corrected chi connectivity index (χ3v) is 5.78. The lowest BCUT2D eigenvalue weighted by Gasteiger charge is -2.18. The van der Waals surface area contributed by atoms with Gasteiger partial charge in [-0.05, 0) is 48.7 Å². The van der Waals surface area contributed by atoms with Gasteiger partial charge in [0.1, 0.15) is 12.4 Å². The summed E-state index contributed by atoms with van der Waals surface area (Å²) < 4.78 is 12.0. The van der Waals surface area contributed by atoms with Gasteiger partial charge in [-0.15, -0.1) is 0 Å². The molecular weight excluding hydrogens is 400 g/mol. The van der Waals surface area contributed by atoms with Gasteiger partial charge < -0.3 is 25.2 Å².